The minimum absolute atomic E-state index is 0.0870. The zero-order chi connectivity index (χ0) is 11.9. The molecule has 0 aliphatic rings. The SMILES string of the molecule is CCCCCCC(O)CC(C)C(C)(C)C. The maximum absolute atomic E-state index is 9.88. The Bertz CT molecular complexity index is 146. The van der Waals surface area contributed by atoms with Gasteiger partial charge in [-0.15, -0.1) is 0 Å². The molecule has 1 heteroatoms. The molecule has 2 unspecified atom stereocenters. The molecule has 92 valence electrons. The molecule has 0 radical (unpaired) electrons. The fourth-order valence-electron chi connectivity index (χ4n) is 1.69. The van der Waals surface area contributed by atoms with Crippen molar-refractivity contribution in [1.82, 2.24) is 0 Å². The van der Waals surface area contributed by atoms with Crippen LogP contribution >= 0.6 is 0 Å². The first kappa shape index (κ1) is 15.0. The van der Waals surface area contributed by atoms with E-state index in [9.17, 15) is 5.11 Å². The summed E-state index contributed by atoms with van der Waals surface area (Å²) in [6.45, 7) is 11.2. The molecule has 0 bridgehead atoms. The summed E-state index contributed by atoms with van der Waals surface area (Å²) in [6, 6.07) is 0. The molecule has 0 aliphatic heterocycles. The predicted molar refractivity (Wildman–Crippen MR) is 68.0 cm³/mol. The van der Waals surface area contributed by atoms with Crippen molar-refractivity contribution in [1.29, 1.82) is 0 Å². The van der Waals surface area contributed by atoms with E-state index in [2.05, 4.69) is 34.6 Å². The molecule has 0 saturated heterocycles. The summed E-state index contributed by atoms with van der Waals surface area (Å²) in [5.74, 6) is 0.596. The van der Waals surface area contributed by atoms with Crippen LogP contribution in [-0.2, 0) is 0 Å². The van der Waals surface area contributed by atoms with Crippen LogP contribution in [0.3, 0.4) is 0 Å². The van der Waals surface area contributed by atoms with Crippen LogP contribution in [0.15, 0.2) is 0 Å². The molecule has 0 saturated carbocycles. The van der Waals surface area contributed by atoms with Crippen molar-refractivity contribution in [3.05, 3.63) is 0 Å². The highest BCUT2D eigenvalue weighted by atomic mass is 16.3. The summed E-state index contributed by atoms with van der Waals surface area (Å²) in [4.78, 5) is 0. The van der Waals surface area contributed by atoms with Gasteiger partial charge < -0.3 is 5.11 Å². The van der Waals surface area contributed by atoms with Gasteiger partial charge in [-0.1, -0.05) is 60.3 Å². The van der Waals surface area contributed by atoms with Crippen LogP contribution in [0, 0.1) is 11.3 Å². The summed E-state index contributed by atoms with van der Waals surface area (Å²) in [7, 11) is 0. The number of rotatable bonds is 7. The smallest absolute Gasteiger partial charge is 0.0543 e. The lowest BCUT2D eigenvalue weighted by atomic mass is 9.78. The molecule has 2 atom stereocenters. The lowest BCUT2D eigenvalue weighted by Crippen LogP contribution is -2.22. The van der Waals surface area contributed by atoms with Gasteiger partial charge in [-0.05, 0) is 24.2 Å². The standard InChI is InChI=1S/C14H30O/c1-6-7-8-9-10-13(15)11-12(2)14(3,4)5/h12-13,15H,6-11H2,1-5H3. The fourth-order valence-corrected chi connectivity index (χ4v) is 1.69. The van der Waals surface area contributed by atoms with Crippen LogP contribution in [0.5, 0.6) is 0 Å². The Morgan fingerprint density at radius 2 is 1.67 bits per heavy atom. The number of unbranched alkanes of at least 4 members (excludes halogenated alkanes) is 3. The Morgan fingerprint density at radius 1 is 1.07 bits per heavy atom. The van der Waals surface area contributed by atoms with Crippen molar-refractivity contribution in [3.63, 3.8) is 0 Å². The third kappa shape index (κ3) is 7.84. The van der Waals surface area contributed by atoms with E-state index in [-0.39, 0.29) is 6.10 Å². The Balaban J connectivity index is 3.60. The monoisotopic (exact) mass is 214 g/mol. The van der Waals surface area contributed by atoms with E-state index in [1.165, 1.54) is 25.7 Å². The van der Waals surface area contributed by atoms with Crippen molar-refractivity contribution < 1.29 is 5.11 Å². The first-order valence-corrected chi connectivity index (χ1v) is 6.56. The van der Waals surface area contributed by atoms with Gasteiger partial charge in [-0.3, -0.25) is 0 Å². The molecule has 0 heterocycles. The van der Waals surface area contributed by atoms with Gasteiger partial charge in [0.15, 0.2) is 0 Å². The Morgan fingerprint density at radius 3 is 2.13 bits per heavy atom. The molecule has 0 aromatic carbocycles. The molecule has 0 amide bonds. The summed E-state index contributed by atoms with van der Waals surface area (Å²) >= 11 is 0. The summed E-state index contributed by atoms with van der Waals surface area (Å²) in [5, 5.41) is 9.88. The van der Waals surface area contributed by atoms with Crippen molar-refractivity contribution in [2.75, 3.05) is 0 Å². The van der Waals surface area contributed by atoms with Gasteiger partial charge in [-0.25, -0.2) is 0 Å². The van der Waals surface area contributed by atoms with E-state index < -0.39 is 0 Å². The summed E-state index contributed by atoms with van der Waals surface area (Å²) < 4.78 is 0. The first-order chi connectivity index (χ1) is 6.88. The van der Waals surface area contributed by atoms with Gasteiger partial charge in [-0.2, -0.15) is 0 Å². The molecule has 0 spiro atoms. The van der Waals surface area contributed by atoms with E-state index in [0.717, 1.165) is 12.8 Å². The maximum atomic E-state index is 9.88. The number of aliphatic hydroxyl groups is 1. The molecule has 0 aliphatic carbocycles. The first-order valence-electron chi connectivity index (χ1n) is 6.56. The molecule has 0 fully saturated rings. The molecule has 1 N–H and O–H groups in total. The van der Waals surface area contributed by atoms with Crippen molar-refractivity contribution in [2.45, 2.75) is 79.2 Å². The molecular weight excluding hydrogens is 184 g/mol. The van der Waals surface area contributed by atoms with Crippen LogP contribution in [0.4, 0.5) is 0 Å². The second-order valence-corrected chi connectivity index (χ2v) is 6.01. The molecular formula is C14H30O. The topological polar surface area (TPSA) is 20.2 Å². The van der Waals surface area contributed by atoms with Gasteiger partial charge in [0.1, 0.15) is 0 Å². The van der Waals surface area contributed by atoms with Crippen LogP contribution in [0.2, 0.25) is 0 Å². The van der Waals surface area contributed by atoms with Crippen LogP contribution < -0.4 is 0 Å². The molecule has 0 rings (SSSR count). The van der Waals surface area contributed by atoms with Crippen molar-refractivity contribution in [2.24, 2.45) is 11.3 Å². The van der Waals surface area contributed by atoms with E-state index >= 15 is 0 Å². The third-order valence-electron chi connectivity index (χ3n) is 3.49. The molecule has 0 aromatic rings. The zero-order valence-corrected chi connectivity index (χ0v) is 11.3. The number of hydrogen-bond acceptors (Lipinski definition) is 1. The highest BCUT2D eigenvalue weighted by Crippen LogP contribution is 2.29. The molecule has 15 heavy (non-hydrogen) atoms. The van der Waals surface area contributed by atoms with Gasteiger partial charge in [0, 0.05) is 0 Å². The van der Waals surface area contributed by atoms with E-state index in [0.29, 0.717) is 11.3 Å². The number of aliphatic hydroxyl groups excluding tert-OH is 1. The largest absolute Gasteiger partial charge is 0.393 e. The van der Waals surface area contributed by atoms with E-state index in [4.69, 9.17) is 0 Å². The lowest BCUT2D eigenvalue weighted by Gasteiger charge is -2.29. The molecule has 1 nitrogen and oxygen atoms in total. The van der Waals surface area contributed by atoms with Gasteiger partial charge in [0.05, 0.1) is 6.10 Å². The van der Waals surface area contributed by atoms with Crippen LogP contribution in [0.25, 0.3) is 0 Å². The summed E-state index contributed by atoms with van der Waals surface area (Å²) in [5.41, 5.74) is 0.324. The van der Waals surface area contributed by atoms with Crippen LogP contribution in [-0.4, -0.2) is 11.2 Å². The zero-order valence-electron chi connectivity index (χ0n) is 11.3. The summed E-state index contributed by atoms with van der Waals surface area (Å²) in [6.07, 6.45) is 6.89. The Labute approximate surface area is 96.3 Å². The highest BCUT2D eigenvalue weighted by Gasteiger charge is 2.22. The van der Waals surface area contributed by atoms with Gasteiger partial charge in [0.25, 0.3) is 0 Å². The van der Waals surface area contributed by atoms with Gasteiger partial charge >= 0.3 is 0 Å². The highest BCUT2D eigenvalue weighted by molar-refractivity contribution is 4.73. The van der Waals surface area contributed by atoms with Crippen molar-refractivity contribution >= 4 is 0 Å². The van der Waals surface area contributed by atoms with Crippen molar-refractivity contribution in [3.8, 4) is 0 Å². The lowest BCUT2D eigenvalue weighted by molar-refractivity contribution is 0.101. The van der Waals surface area contributed by atoms with E-state index in [1.807, 2.05) is 0 Å². The van der Waals surface area contributed by atoms with Crippen LogP contribution in [0.1, 0.15) is 73.1 Å². The Hall–Kier alpha value is -0.0400. The third-order valence-corrected chi connectivity index (χ3v) is 3.49. The average Bonchev–Trinajstić information content (AvgIpc) is 2.11. The minimum Gasteiger partial charge on any atom is -0.393 e. The second-order valence-electron chi connectivity index (χ2n) is 6.01. The normalized spacial score (nSPS) is 16.4. The molecule has 0 aromatic heterocycles. The second kappa shape index (κ2) is 7.27. The number of hydrogen-bond donors (Lipinski definition) is 1. The fraction of sp³-hybridized carbons (Fsp3) is 1.00. The minimum atomic E-state index is -0.0870. The van der Waals surface area contributed by atoms with E-state index in [1.54, 1.807) is 0 Å². The average molecular weight is 214 g/mol. The Kier molecular flexibility index (Phi) is 7.25. The predicted octanol–water partition coefficient (Wildman–Crippen LogP) is 4.39. The maximum Gasteiger partial charge on any atom is 0.0543 e. The van der Waals surface area contributed by atoms with Gasteiger partial charge in [0.2, 0.25) is 0 Å². The quantitative estimate of drug-likeness (QED) is 0.623.